The number of carbonyl (C=O) groups is 1. The molecule has 0 N–H and O–H groups in total. The van der Waals surface area contributed by atoms with E-state index in [1.165, 1.54) is 23.5 Å². The van der Waals surface area contributed by atoms with Gasteiger partial charge in [-0.1, -0.05) is 30.3 Å². The zero-order valence-corrected chi connectivity index (χ0v) is 24.6. The molecule has 11 heteroatoms. The van der Waals surface area contributed by atoms with E-state index in [2.05, 4.69) is 21.0 Å². The van der Waals surface area contributed by atoms with Gasteiger partial charge in [-0.3, -0.25) is 9.10 Å². The van der Waals surface area contributed by atoms with Crippen molar-refractivity contribution in [3.05, 3.63) is 106 Å². The third-order valence-corrected chi connectivity index (χ3v) is 9.87. The number of carbonyl (C=O) groups excluding carboxylic acids is 1. The number of benzene rings is 3. The molecule has 0 spiro atoms. The van der Waals surface area contributed by atoms with Crippen molar-refractivity contribution in [2.45, 2.75) is 24.8 Å². The Kier molecular flexibility index (Phi) is 7.80. The first-order valence-corrected chi connectivity index (χ1v) is 14.9. The third-order valence-electron chi connectivity index (χ3n) is 7.09. The van der Waals surface area contributed by atoms with Gasteiger partial charge in [0.05, 0.1) is 30.6 Å². The Balaban J connectivity index is 1.51. The molecule has 2 heterocycles. The topological polar surface area (TPSA) is 84.7 Å². The molecular weight excluding hydrogens is 599 g/mol. The Morgan fingerprint density at radius 1 is 1.07 bits per heavy atom. The molecule has 3 aromatic carbocycles. The minimum atomic E-state index is -3.98. The molecule has 1 aliphatic rings. The normalized spacial score (nSPS) is 15.7. The van der Waals surface area contributed by atoms with Gasteiger partial charge in [-0.2, -0.15) is 5.10 Å². The number of ether oxygens (including phenoxy) is 1. The van der Waals surface area contributed by atoms with Gasteiger partial charge in [-0.25, -0.2) is 17.5 Å². The van der Waals surface area contributed by atoms with Crippen LogP contribution >= 0.6 is 15.9 Å². The van der Waals surface area contributed by atoms with Gasteiger partial charge in [0.25, 0.3) is 15.9 Å². The first-order chi connectivity index (χ1) is 19.1. The zero-order valence-electron chi connectivity index (χ0n) is 22.2. The van der Waals surface area contributed by atoms with E-state index in [-0.39, 0.29) is 23.0 Å². The number of hydrogen-bond donors (Lipinski definition) is 0. The fourth-order valence-electron chi connectivity index (χ4n) is 5.01. The lowest BCUT2D eigenvalue weighted by Gasteiger charge is -2.36. The molecule has 0 saturated carbocycles. The number of sulfonamides is 1. The number of rotatable bonds is 6. The molecule has 4 aromatic rings. The van der Waals surface area contributed by atoms with Crippen LogP contribution < -0.4 is 4.31 Å². The number of anilines is 1. The number of nitrogens with zero attached hydrogens (tertiary/aromatic N) is 4. The van der Waals surface area contributed by atoms with Crippen molar-refractivity contribution in [2.75, 3.05) is 31.1 Å². The summed E-state index contributed by atoms with van der Waals surface area (Å²) in [5.74, 6) is -0.742. The molecule has 0 bridgehead atoms. The molecule has 40 heavy (non-hydrogen) atoms. The summed E-state index contributed by atoms with van der Waals surface area (Å²) >= 11 is 3.36. The molecular formula is C29H28BrFN4O4S. The number of amides is 1. The Morgan fingerprint density at radius 3 is 2.50 bits per heavy atom. The lowest BCUT2D eigenvalue weighted by molar-refractivity contribution is -0.00305. The van der Waals surface area contributed by atoms with Gasteiger partial charge in [0.1, 0.15) is 16.4 Å². The number of aromatic nitrogens is 2. The molecule has 1 atom stereocenters. The smallest absolute Gasteiger partial charge is 0.265 e. The maximum Gasteiger partial charge on any atom is 0.265 e. The third kappa shape index (κ3) is 5.04. The van der Waals surface area contributed by atoms with Crippen molar-refractivity contribution in [1.29, 1.82) is 0 Å². The second kappa shape index (κ2) is 11.1. The first-order valence-electron chi connectivity index (χ1n) is 12.6. The molecule has 1 aliphatic heterocycles. The average molecular weight is 628 g/mol. The SMILES string of the molecule is Cc1nn(-c2ccccc2F)c(C)c1C1COCCN1C(=O)c1ccc(Br)c(S(=O)(=O)N(C)c2ccccc2)c1. The van der Waals surface area contributed by atoms with E-state index in [1.54, 1.807) is 70.2 Å². The van der Waals surface area contributed by atoms with Crippen molar-refractivity contribution in [2.24, 2.45) is 0 Å². The Bertz CT molecular complexity index is 1680. The molecule has 1 fully saturated rings. The zero-order chi connectivity index (χ0) is 28.6. The molecule has 8 nitrogen and oxygen atoms in total. The summed E-state index contributed by atoms with van der Waals surface area (Å²) in [5, 5.41) is 4.58. The number of para-hydroxylation sites is 2. The van der Waals surface area contributed by atoms with Gasteiger partial charge in [0, 0.05) is 34.9 Å². The van der Waals surface area contributed by atoms with Crippen LogP contribution in [0.3, 0.4) is 0 Å². The molecule has 0 radical (unpaired) electrons. The highest BCUT2D eigenvalue weighted by molar-refractivity contribution is 9.10. The highest BCUT2D eigenvalue weighted by Crippen LogP contribution is 2.34. The number of morpholine rings is 1. The van der Waals surface area contributed by atoms with Crippen molar-refractivity contribution < 1.29 is 22.3 Å². The molecule has 208 valence electrons. The highest BCUT2D eigenvalue weighted by Gasteiger charge is 2.34. The molecule has 1 aromatic heterocycles. The summed E-state index contributed by atoms with van der Waals surface area (Å²) in [6.07, 6.45) is 0. The molecule has 1 saturated heterocycles. The van der Waals surface area contributed by atoms with Crippen LogP contribution in [0.1, 0.15) is 33.4 Å². The number of hydrogen-bond acceptors (Lipinski definition) is 5. The maximum absolute atomic E-state index is 14.6. The van der Waals surface area contributed by atoms with Gasteiger partial charge >= 0.3 is 0 Å². The highest BCUT2D eigenvalue weighted by atomic mass is 79.9. The van der Waals surface area contributed by atoms with Crippen molar-refractivity contribution in [3.8, 4) is 5.69 Å². The quantitative estimate of drug-likeness (QED) is 0.285. The van der Waals surface area contributed by atoms with E-state index in [0.29, 0.717) is 40.4 Å². The summed E-state index contributed by atoms with van der Waals surface area (Å²) in [6, 6.07) is 19.2. The van der Waals surface area contributed by atoms with Crippen LogP contribution in [0.15, 0.2) is 82.2 Å². The van der Waals surface area contributed by atoms with E-state index in [1.807, 2.05) is 13.8 Å². The molecule has 1 amide bonds. The van der Waals surface area contributed by atoms with Crippen LogP contribution in [0.5, 0.6) is 0 Å². The fraction of sp³-hybridized carbons (Fsp3) is 0.241. The number of halogens is 2. The summed E-state index contributed by atoms with van der Waals surface area (Å²) < 4.78 is 50.5. The average Bonchev–Trinajstić information content (AvgIpc) is 3.26. The van der Waals surface area contributed by atoms with Gasteiger partial charge < -0.3 is 9.64 Å². The maximum atomic E-state index is 14.6. The van der Waals surface area contributed by atoms with Crippen molar-refractivity contribution in [1.82, 2.24) is 14.7 Å². The first kappa shape index (κ1) is 28.0. The Hall–Kier alpha value is -3.54. The van der Waals surface area contributed by atoms with Crippen LogP contribution in [-0.2, 0) is 14.8 Å². The van der Waals surface area contributed by atoms with E-state index in [4.69, 9.17) is 4.74 Å². The molecule has 5 rings (SSSR count). The minimum absolute atomic E-state index is 0.0192. The second-order valence-electron chi connectivity index (χ2n) is 9.49. The van der Waals surface area contributed by atoms with Crippen LogP contribution in [0.4, 0.5) is 10.1 Å². The summed E-state index contributed by atoms with van der Waals surface area (Å²) in [7, 11) is -2.50. The van der Waals surface area contributed by atoms with E-state index in [9.17, 15) is 17.6 Å². The summed E-state index contributed by atoms with van der Waals surface area (Å²) in [4.78, 5) is 15.6. The summed E-state index contributed by atoms with van der Waals surface area (Å²) in [6.45, 7) is 4.52. The second-order valence-corrected chi connectivity index (χ2v) is 12.3. The lowest BCUT2D eigenvalue weighted by Crippen LogP contribution is -2.44. The number of aryl methyl sites for hydroxylation is 1. The molecule has 1 unspecified atom stereocenters. The van der Waals surface area contributed by atoms with Gasteiger partial charge in [-0.05, 0) is 72.2 Å². The predicted octanol–water partition coefficient (Wildman–Crippen LogP) is 5.43. The van der Waals surface area contributed by atoms with Crippen molar-refractivity contribution in [3.63, 3.8) is 0 Å². The summed E-state index contributed by atoms with van der Waals surface area (Å²) in [5.41, 5.74) is 3.15. The minimum Gasteiger partial charge on any atom is -0.377 e. The molecule has 0 aliphatic carbocycles. The van der Waals surface area contributed by atoms with Crippen LogP contribution in [0, 0.1) is 19.7 Å². The lowest BCUT2D eigenvalue weighted by atomic mass is 10.0. The van der Waals surface area contributed by atoms with Crippen LogP contribution in [0.25, 0.3) is 5.69 Å². The predicted molar refractivity (Wildman–Crippen MR) is 154 cm³/mol. The van der Waals surface area contributed by atoms with Gasteiger partial charge in [0.2, 0.25) is 0 Å². The largest absolute Gasteiger partial charge is 0.377 e. The van der Waals surface area contributed by atoms with E-state index in [0.717, 1.165) is 5.56 Å². The monoisotopic (exact) mass is 626 g/mol. The van der Waals surface area contributed by atoms with Gasteiger partial charge in [0.15, 0.2) is 0 Å². The van der Waals surface area contributed by atoms with Crippen LogP contribution in [-0.4, -0.2) is 55.8 Å². The van der Waals surface area contributed by atoms with E-state index < -0.39 is 21.9 Å². The van der Waals surface area contributed by atoms with Crippen molar-refractivity contribution >= 4 is 37.5 Å². The standard InChI is InChI=1S/C29H28BrFN4O4S/c1-19-28(20(2)35(32-19)25-12-8-7-11-24(25)31)26-18-39-16-15-34(26)29(36)21-13-14-23(30)27(17-21)40(37,38)33(3)22-9-5-4-6-10-22/h4-14,17,26H,15-16,18H2,1-3H3. The van der Waals surface area contributed by atoms with Gasteiger partial charge in [-0.15, -0.1) is 0 Å². The van der Waals surface area contributed by atoms with E-state index >= 15 is 0 Å². The van der Waals surface area contributed by atoms with Crippen LogP contribution in [0.2, 0.25) is 0 Å². The Labute approximate surface area is 241 Å². The fourth-order valence-corrected chi connectivity index (χ4v) is 7.15. The Morgan fingerprint density at radius 2 is 1.77 bits per heavy atom.